The van der Waals surface area contributed by atoms with E-state index in [1.807, 2.05) is 6.92 Å². The Morgan fingerprint density at radius 3 is 2.60 bits per heavy atom. The zero-order chi connectivity index (χ0) is 8.15. The summed E-state index contributed by atoms with van der Waals surface area (Å²) in [5.74, 6) is 0. The zero-order valence-electron chi connectivity index (χ0n) is 5.66. The highest BCUT2D eigenvalue weighted by molar-refractivity contribution is 14.1. The molecule has 0 aromatic carbocycles. The lowest BCUT2D eigenvalue weighted by molar-refractivity contribution is -0.500. The first-order chi connectivity index (χ1) is 4.59. The number of aliphatic hydroxyl groups is 1. The van der Waals surface area contributed by atoms with Gasteiger partial charge in [-0.1, -0.05) is 13.3 Å². The molecular formula is C5H10INO3. The molecular weight excluding hydrogens is 249 g/mol. The van der Waals surface area contributed by atoms with Gasteiger partial charge < -0.3 is 5.11 Å². The van der Waals surface area contributed by atoms with Gasteiger partial charge in [0.05, 0.1) is 0 Å². The van der Waals surface area contributed by atoms with Crippen molar-refractivity contribution >= 4 is 22.6 Å². The van der Waals surface area contributed by atoms with Crippen LogP contribution in [0, 0.1) is 10.1 Å². The van der Waals surface area contributed by atoms with Gasteiger partial charge in [0.25, 0.3) is 4.05 Å². The van der Waals surface area contributed by atoms with Crippen molar-refractivity contribution in [3.8, 4) is 0 Å². The van der Waals surface area contributed by atoms with Crippen LogP contribution in [-0.2, 0) is 0 Å². The summed E-state index contributed by atoms with van der Waals surface area (Å²) in [7, 11) is 0. The molecule has 60 valence electrons. The first kappa shape index (κ1) is 10.1. The zero-order valence-corrected chi connectivity index (χ0v) is 7.82. The van der Waals surface area contributed by atoms with Crippen LogP contribution in [-0.4, -0.2) is 20.2 Å². The molecule has 0 radical (unpaired) electrons. The second kappa shape index (κ2) is 4.84. The molecule has 0 bridgehead atoms. The average molecular weight is 259 g/mol. The van der Waals surface area contributed by atoms with E-state index >= 15 is 0 Å². The first-order valence-electron chi connectivity index (χ1n) is 3.05. The molecule has 2 unspecified atom stereocenters. The van der Waals surface area contributed by atoms with Gasteiger partial charge in [0.2, 0.25) is 0 Å². The Balaban J connectivity index is 3.69. The molecule has 0 rings (SSSR count). The Labute approximate surface area is 72.9 Å². The Morgan fingerprint density at radius 2 is 2.30 bits per heavy atom. The van der Waals surface area contributed by atoms with Crippen LogP contribution in [0.2, 0.25) is 0 Å². The molecule has 0 saturated carbocycles. The topological polar surface area (TPSA) is 63.4 Å². The number of hydrogen-bond donors (Lipinski definition) is 1. The van der Waals surface area contributed by atoms with Gasteiger partial charge in [0, 0.05) is 27.5 Å². The standard InChI is InChI=1S/C5H10INO3/c1-2-3-4(8)5(6)7(9)10/h4-5,8H,2-3H2,1H3. The first-order valence-corrected chi connectivity index (χ1v) is 4.29. The molecule has 0 aliphatic rings. The fraction of sp³-hybridized carbons (Fsp3) is 1.00. The third kappa shape index (κ3) is 3.31. The van der Waals surface area contributed by atoms with Gasteiger partial charge in [-0.25, -0.2) is 0 Å². The lowest BCUT2D eigenvalue weighted by atomic mass is 10.2. The van der Waals surface area contributed by atoms with Gasteiger partial charge in [-0.15, -0.1) is 0 Å². The third-order valence-corrected chi connectivity index (χ3v) is 2.39. The average Bonchev–Trinajstić information content (AvgIpc) is 1.87. The highest BCUT2D eigenvalue weighted by atomic mass is 127. The van der Waals surface area contributed by atoms with Crippen molar-refractivity contribution in [3.63, 3.8) is 0 Å². The fourth-order valence-corrected chi connectivity index (χ4v) is 0.933. The number of aliphatic hydroxyl groups excluding tert-OH is 1. The van der Waals surface area contributed by atoms with Crippen LogP contribution in [0.15, 0.2) is 0 Å². The van der Waals surface area contributed by atoms with E-state index in [1.54, 1.807) is 22.6 Å². The maximum Gasteiger partial charge on any atom is 0.286 e. The molecule has 1 N–H and O–H groups in total. The van der Waals surface area contributed by atoms with E-state index in [0.717, 1.165) is 6.42 Å². The minimum atomic E-state index is -0.863. The monoisotopic (exact) mass is 259 g/mol. The molecule has 2 atom stereocenters. The molecule has 0 heterocycles. The van der Waals surface area contributed by atoms with Crippen LogP contribution in [0.3, 0.4) is 0 Å². The Bertz CT molecular complexity index is 119. The van der Waals surface area contributed by atoms with Crippen molar-refractivity contribution in [1.82, 2.24) is 0 Å². The van der Waals surface area contributed by atoms with E-state index < -0.39 is 15.1 Å². The minimum Gasteiger partial charge on any atom is -0.385 e. The second-order valence-corrected chi connectivity index (χ2v) is 3.29. The number of nitrogens with zero attached hydrogens (tertiary/aromatic N) is 1. The number of rotatable bonds is 4. The predicted octanol–water partition coefficient (Wildman–Crippen LogP) is 1.19. The SMILES string of the molecule is CCCC(O)C(I)[N+](=O)[O-]. The van der Waals surface area contributed by atoms with E-state index in [2.05, 4.69) is 0 Å². The summed E-state index contributed by atoms with van der Waals surface area (Å²) in [6.07, 6.45) is 0.462. The molecule has 0 aromatic heterocycles. The Hall–Kier alpha value is 0.0900. The van der Waals surface area contributed by atoms with Gasteiger partial charge in [-0.2, -0.15) is 0 Å². The maximum atomic E-state index is 10.1. The molecule has 10 heavy (non-hydrogen) atoms. The Kier molecular flexibility index (Phi) is 4.88. The highest BCUT2D eigenvalue weighted by Crippen LogP contribution is 2.11. The second-order valence-electron chi connectivity index (χ2n) is 2.01. The van der Waals surface area contributed by atoms with Crippen molar-refractivity contribution in [2.45, 2.75) is 29.9 Å². The smallest absolute Gasteiger partial charge is 0.286 e. The summed E-state index contributed by atoms with van der Waals surface area (Å²) < 4.78 is -0.863. The lowest BCUT2D eigenvalue weighted by Crippen LogP contribution is -2.27. The molecule has 5 heteroatoms. The number of hydrogen-bond acceptors (Lipinski definition) is 3. The number of alkyl halides is 1. The summed E-state index contributed by atoms with van der Waals surface area (Å²) in [4.78, 5) is 9.58. The summed E-state index contributed by atoms with van der Waals surface area (Å²) in [6, 6.07) is 0. The largest absolute Gasteiger partial charge is 0.385 e. The third-order valence-electron chi connectivity index (χ3n) is 1.10. The van der Waals surface area contributed by atoms with Crippen molar-refractivity contribution in [1.29, 1.82) is 0 Å². The van der Waals surface area contributed by atoms with Gasteiger partial charge in [0.15, 0.2) is 0 Å². The van der Waals surface area contributed by atoms with Gasteiger partial charge in [-0.05, 0) is 6.42 Å². The van der Waals surface area contributed by atoms with Crippen LogP contribution >= 0.6 is 22.6 Å². The van der Waals surface area contributed by atoms with Crippen molar-refractivity contribution in [2.75, 3.05) is 0 Å². The molecule has 0 aromatic rings. The molecule has 0 amide bonds. The number of nitro groups is 1. The van der Waals surface area contributed by atoms with E-state index in [-0.39, 0.29) is 0 Å². The van der Waals surface area contributed by atoms with Gasteiger partial charge in [-0.3, -0.25) is 10.1 Å². The quantitative estimate of drug-likeness (QED) is 0.271. The van der Waals surface area contributed by atoms with Crippen LogP contribution in [0.1, 0.15) is 19.8 Å². The molecule has 0 aliphatic heterocycles. The summed E-state index contributed by atoms with van der Waals surface area (Å²) >= 11 is 1.63. The van der Waals surface area contributed by atoms with E-state index in [9.17, 15) is 10.1 Å². The molecule has 4 nitrogen and oxygen atoms in total. The molecule has 0 aliphatic carbocycles. The van der Waals surface area contributed by atoms with Crippen LogP contribution < -0.4 is 0 Å². The Morgan fingerprint density at radius 1 is 1.80 bits per heavy atom. The van der Waals surface area contributed by atoms with Crippen LogP contribution in [0.25, 0.3) is 0 Å². The van der Waals surface area contributed by atoms with Crippen LogP contribution in [0.5, 0.6) is 0 Å². The van der Waals surface area contributed by atoms with E-state index in [4.69, 9.17) is 5.11 Å². The number of halogens is 1. The lowest BCUT2D eigenvalue weighted by Gasteiger charge is -2.08. The van der Waals surface area contributed by atoms with Gasteiger partial charge in [0.1, 0.15) is 6.10 Å². The van der Waals surface area contributed by atoms with Crippen molar-refractivity contribution in [2.24, 2.45) is 0 Å². The minimum absolute atomic E-state index is 0.471. The van der Waals surface area contributed by atoms with Crippen LogP contribution in [0.4, 0.5) is 0 Å². The molecule has 0 saturated heterocycles. The fourth-order valence-electron chi connectivity index (χ4n) is 0.574. The molecule has 0 spiro atoms. The summed E-state index contributed by atoms with van der Waals surface area (Å²) in [5.41, 5.74) is 0. The summed E-state index contributed by atoms with van der Waals surface area (Å²) in [6.45, 7) is 1.88. The summed E-state index contributed by atoms with van der Waals surface area (Å²) in [5, 5.41) is 19.1. The van der Waals surface area contributed by atoms with Crippen molar-refractivity contribution in [3.05, 3.63) is 10.1 Å². The van der Waals surface area contributed by atoms with Crippen molar-refractivity contribution < 1.29 is 10.0 Å². The predicted molar refractivity (Wildman–Crippen MR) is 45.7 cm³/mol. The maximum absolute atomic E-state index is 10.1. The van der Waals surface area contributed by atoms with E-state index in [0.29, 0.717) is 6.42 Å². The normalized spacial score (nSPS) is 16.3. The van der Waals surface area contributed by atoms with E-state index in [1.165, 1.54) is 0 Å². The van der Waals surface area contributed by atoms with Gasteiger partial charge >= 0.3 is 0 Å². The highest BCUT2D eigenvalue weighted by Gasteiger charge is 2.24. The molecule has 0 fully saturated rings.